The monoisotopic (exact) mass is 276 g/mol. The zero-order chi connectivity index (χ0) is 13.7. The lowest BCUT2D eigenvalue weighted by atomic mass is 10.1. The lowest BCUT2D eigenvalue weighted by Gasteiger charge is -2.15. The van der Waals surface area contributed by atoms with Crippen LogP contribution in [0.1, 0.15) is 30.8 Å². The molecule has 0 saturated carbocycles. The van der Waals surface area contributed by atoms with Crippen molar-refractivity contribution in [3.63, 3.8) is 0 Å². The van der Waals surface area contributed by atoms with E-state index in [1.807, 2.05) is 36.7 Å². The molecule has 0 aliphatic carbocycles. The molecule has 19 heavy (non-hydrogen) atoms. The minimum absolute atomic E-state index is 0.498. The van der Waals surface area contributed by atoms with Crippen LogP contribution in [0.2, 0.25) is 0 Å². The second-order valence-electron chi connectivity index (χ2n) is 4.50. The molecule has 0 radical (unpaired) electrons. The van der Waals surface area contributed by atoms with E-state index in [0.717, 1.165) is 29.2 Å². The van der Waals surface area contributed by atoms with E-state index in [1.54, 1.807) is 18.0 Å². The normalized spacial score (nSPS) is 12.6. The molecule has 0 fully saturated rings. The summed E-state index contributed by atoms with van der Waals surface area (Å²) in [6.45, 7) is 3.09. The molecule has 0 saturated heterocycles. The van der Waals surface area contributed by atoms with E-state index in [1.165, 1.54) is 0 Å². The maximum Gasteiger partial charge on any atom is 0.111 e. The number of imidazole rings is 1. The highest BCUT2D eigenvalue weighted by Crippen LogP contribution is 2.27. The molecule has 2 rings (SSSR count). The summed E-state index contributed by atoms with van der Waals surface area (Å²) in [4.78, 5) is 5.48. The molecule has 1 unspecified atom stereocenters. The SMILES string of the molecule is CCCn1ccnc1CC(O)c1ccccc1SC. The van der Waals surface area contributed by atoms with Crippen molar-refractivity contribution in [3.8, 4) is 0 Å². The van der Waals surface area contributed by atoms with Gasteiger partial charge in [0.15, 0.2) is 0 Å². The predicted molar refractivity (Wildman–Crippen MR) is 79.4 cm³/mol. The minimum atomic E-state index is -0.498. The van der Waals surface area contributed by atoms with E-state index in [-0.39, 0.29) is 0 Å². The summed E-state index contributed by atoms with van der Waals surface area (Å²) in [5.41, 5.74) is 0.987. The molecule has 0 aliphatic rings. The molecule has 4 heteroatoms. The number of aromatic nitrogens is 2. The van der Waals surface area contributed by atoms with Gasteiger partial charge in [0.25, 0.3) is 0 Å². The van der Waals surface area contributed by atoms with Gasteiger partial charge in [-0.2, -0.15) is 0 Å². The summed E-state index contributed by atoms with van der Waals surface area (Å²) in [5, 5.41) is 10.4. The van der Waals surface area contributed by atoms with Crippen LogP contribution in [0.4, 0.5) is 0 Å². The third-order valence-corrected chi connectivity index (χ3v) is 3.95. The summed E-state index contributed by atoms with van der Waals surface area (Å²) in [5.74, 6) is 0.949. The third-order valence-electron chi connectivity index (χ3n) is 3.14. The summed E-state index contributed by atoms with van der Waals surface area (Å²) < 4.78 is 2.12. The largest absolute Gasteiger partial charge is 0.388 e. The van der Waals surface area contributed by atoms with E-state index in [2.05, 4.69) is 16.5 Å². The van der Waals surface area contributed by atoms with Gasteiger partial charge in [-0.3, -0.25) is 0 Å². The fourth-order valence-corrected chi connectivity index (χ4v) is 2.85. The van der Waals surface area contributed by atoms with Gasteiger partial charge in [0.2, 0.25) is 0 Å². The Bertz CT molecular complexity index is 524. The zero-order valence-corrected chi connectivity index (χ0v) is 12.2. The molecule has 0 bridgehead atoms. The van der Waals surface area contributed by atoms with Crippen LogP contribution in [-0.2, 0) is 13.0 Å². The summed E-state index contributed by atoms with van der Waals surface area (Å²) in [6.07, 6.45) is 6.95. The van der Waals surface area contributed by atoms with Crippen LogP contribution >= 0.6 is 11.8 Å². The number of hydrogen-bond acceptors (Lipinski definition) is 3. The molecule has 2 aromatic rings. The lowest BCUT2D eigenvalue weighted by molar-refractivity contribution is 0.171. The van der Waals surface area contributed by atoms with Gasteiger partial charge in [-0.25, -0.2) is 4.98 Å². The first kappa shape index (κ1) is 14.2. The van der Waals surface area contributed by atoms with Gasteiger partial charge in [0, 0.05) is 30.3 Å². The Hall–Kier alpha value is -1.26. The third kappa shape index (κ3) is 3.39. The zero-order valence-electron chi connectivity index (χ0n) is 11.4. The molecule has 1 N–H and O–H groups in total. The van der Waals surface area contributed by atoms with Crippen LogP contribution in [0.15, 0.2) is 41.6 Å². The number of rotatable bonds is 6. The molecule has 102 valence electrons. The number of aliphatic hydroxyl groups is 1. The Kier molecular flexibility index (Phi) is 5.05. The molecule has 3 nitrogen and oxygen atoms in total. The number of benzene rings is 1. The number of hydrogen-bond donors (Lipinski definition) is 1. The summed E-state index contributed by atoms with van der Waals surface area (Å²) in [7, 11) is 0. The number of aliphatic hydroxyl groups excluding tert-OH is 1. The van der Waals surface area contributed by atoms with Gasteiger partial charge in [-0.05, 0) is 24.3 Å². The predicted octanol–water partition coefficient (Wildman–Crippen LogP) is 3.29. The Balaban J connectivity index is 2.16. The summed E-state index contributed by atoms with van der Waals surface area (Å²) in [6, 6.07) is 8.00. The maximum atomic E-state index is 10.4. The Morgan fingerprint density at radius 2 is 2.16 bits per heavy atom. The Morgan fingerprint density at radius 3 is 2.89 bits per heavy atom. The molecule has 1 atom stereocenters. The highest BCUT2D eigenvalue weighted by atomic mass is 32.2. The fraction of sp³-hybridized carbons (Fsp3) is 0.400. The van der Waals surface area contributed by atoms with Crippen molar-refractivity contribution in [1.29, 1.82) is 0 Å². The number of thioether (sulfide) groups is 1. The van der Waals surface area contributed by atoms with Gasteiger partial charge in [0.05, 0.1) is 6.10 Å². The minimum Gasteiger partial charge on any atom is -0.388 e. The van der Waals surface area contributed by atoms with Crippen LogP contribution < -0.4 is 0 Å². The average Bonchev–Trinajstić information content (AvgIpc) is 2.86. The first-order valence-corrected chi connectivity index (χ1v) is 7.79. The van der Waals surface area contributed by atoms with Crippen molar-refractivity contribution in [2.75, 3.05) is 6.26 Å². The van der Waals surface area contributed by atoms with Crippen LogP contribution in [-0.4, -0.2) is 20.9 Å². The first-order valence-electron chi connectivity index (χ1n) is 6.57. The van der Waals surface area contributed by atoms with Crippen LogP contribution in [0.5, 0.6) is 0 Å². The molecular formula is C15H20N2OS. The van der Waals surface area contributed by atoms with E-state index < -0.39 is 6.10 Å². The molecule has 1 heterocycles. The highest BCUT2D eigenvalue weighted by molar-refractivity contribution is 7.98. The lowest BCUT2D eigenvalue weighted by Crippen LogP contribution is -2.09. The van der Waals surface area contributed by atoms with E-state index in [0.29, 0.717) is 6.42 Å². The van der Waals surface area contributed by atoms with Gasteiger partial charge in [-0.15, -0.1) is 11.8 Å². The van der Waals surface area contributed by atoms with Crippen LogP contribution in [0.3, 0.4) is 0 Å². The number of aryl methyl sites for hydroxylation is 1. The van der Waals surface area contributed by atoms with Crippen molar-refractivity contribution < 1.29 is 5.11 Å². The van der Waals surface area contributed by atoms with Crippen molar-refractivity contribution in [1.82, 2.24) is 9.55 Å². The Labute approximate surface area is 118 Å². The van der Waals surface area contributed by atoms with Crippen LogP contribution in [0.25, 0.3) is 0 Å². The molecule has 1 aromatic heterocycles. The van der Waals surface area contributed by atoms with Crippen molar-refractivity contribution in [2.24, 2.45) is 0 Å². The molecular weight excluding hydrogens is 256 g/mol. The van der Waals surface area contributed by atoms with Crippen molar-refractivity contribution in [2.45, 2.75) is 37.3 Å². The standard InChI is InChI=1S/C15H20N2OS/c1-3-9-17-10-8-16-15(17)11-13(18)12-6-4-5-7-14(12)19-2/h4-8,10,13,18H,3,9,11H2,1-2H3. The second kappa shape index (κ2) is 6.78. The molecule has 1 aromatic carbocycles. The maximum absolute atomic E-state index is 10.4. The van der Waals surface area contributed by atoms with E-state index in [9.17, 15) is 5.11 Å². The average molecular weight is 276 g/mol. The van der Waals surface area contributed by atoms with Gasteiger partial charge in [0.1, 0.15) is 5.82 Å². The van der Waals surface area contributed by atoms with Crippen LogP contribution in [0, 0.1) is 0 Å². The van der Waals surface area contributed by atoms with Gasteiger partial charge < -0.3 is 9.67 Å². The molecule has 0 aliphatic heterocycles. The van der Waals surface area contributed by atoms with E-state index >= 15 is 0 Å². The highest BCUT2D eigenvalue weighted by Gasteiger charge is 2.15. The van der Waals surface area contributed by atoms with Gasteiger partial charge in [-0.1, -0.05) is 25.1 Å². The van der Waals surface area contributed by atoms with Crippen molar-refractivity contribution in [3.05, 3.63) is 48.0 Å². The van der Waals surface area contributed by atoms with Gasteiger partial charge >= 0.3 is 0 Å². The topological polar surface area (TPSA) is 38.0 Å². The fourth-order valence-electron chi connectivity index (χ4n) is 2.20. The molecule has 0 spiro atoms. The first-order chi connectivity index (χ1) is 9.26. The van der Waals surface area contributed by atoms with E-state index in [4.69, 9.17) is 0 Å². The molecule has 0 amide bonds. The van der Waals surface area contributed by atoms with Crippen molar-refractivity contribution >= 4 is 11.8 Å². The summed E-state index contributed by atoms with van der Waals surface area (Å²) >= 11 is 1.66. The smallest absolute Gasteiger partial charge is 0.111 e. The number of nitrogens with zero attached hydrogens (tertiary/aromatic N) is 2. The second-order valence-corrected chi connectivity index (χ2v) is 5.35. The Morgan fingerprint density at radius 1 is 1.37 bits per heavy atom. The quantitative estimate of drug-likeness (QED) is 0.823.